The van der Waals surface area contributed by atoms with Gasteiger partial charge in [-0.15, -0.1) is 0 Å². The number of hydrogen-bond donors (Lipinski definition) is 1. The number of nitrogens with one attached hydrogen (secondary N) is 1. The van der Waals surface area contributed by atoms with Gasteiger partial charge in [0.2, 0.25) is 5.91 Å². The van der Waals surface area contributed by atoms with Gasteiger partial charge < -0.3 is 38.6 Å². The predicted molar refractivity (Wildman–Crippen MR) is 379 cm³/mol. The quantitative estimate of drug-likeness (QED) is 0.104. The molecular formula is C81H87ClF2N8O4. The van der Waals surface area contributed by atoms with Crippen molar-refractivity contribution in [2.75, 3.05) is 58.9 Å². The summed E-state index contributed by atoms with van der Waals surface area (Å²) in [6.07, 6.45) is 11.5. The maximum atomic E-state index is 13.6. The lowest BCUT2D eigenvalue weighted by atomic mass is 9.81. The summed E-state index contributed by atoms with van der Waals surface area (Å²) >= 11 is 5.97. The number of fused-ring (bicyclic) bond motifs is 2. The van der Waals surface area contributed by atoms with Crippen molar-refractivity contribution < 1.29 is 28.0 Å². The summed E-state index contributed by atoms with van der Waals surface area (Å²) in [5.74, 6) is 1.52. The summed E-state index contributed by atoms with van der Waals surface area (Å²) in [7, 11) is 0. The van der Waals surface area contributed by atoms with Gasteiger partial charge in [0.15, 0.2) is 0 Å². The molecule has 1 unspecified atom stereocenters. The number of aromatic nitrogens is 3. The second-order valence-electron chi connectivity index (χ2n) is 26.4. The molecule has 4 saturated heterocycles. The summed E-state index contributed by atoms with van der Waals surface area (Å²) < 4.78 is 32.9. The minimum absolute atomic E-state index is 0.0158. The van der Waals surface area contributed by atoms with E-state index in [0.717, 1.165) is 102 Å². The molecule has 3 aromatic heterocycles. The van der Waals surface area contributed by atoms with Crippen molar-refractivity contribution in [1.82, 2.24) is 38.6 Å². The van der Waals surface area contributed by atoms with Gasteiger partial charge in [0.25, 0.3) is 17.7 Å². The van der Waals surface area contributed by atoms with E-state index in [9.17, 15) is 28.0 Å². The molecule has 7 aromatic carbocycles. The van der Waals surface area contributed by atoms with Crippen molar-refractivity contribution in [2.24, 2.45) is 17.8 Å². The van der Waals surface area contributed by atoms with Gasteiger partial charge in [-0.05, 0) is 183 Å². The smallest absolute Gasteiger partial charge is 0.270 e. The third-order valence-electron chi connectivity index (χ3n) is 20.1. The summed E-state index contributed by atoms with van der Waals surface area (Å²) in [6.45, 7) is 12.6. The third-order valence-corrected chi connectivity index (χ3v) is 20.3. The largest absolute Gasteiger partial charge is 0.352 e. The first-order valence-electron chi connectivity index (χ1n) is 34.4. The molecule has 0 radical (unpaired) electrons. The van der Waals surface area contributed by atoms with Crippen LogP contribution >= 0.6 is 11.6 Å². The van der Waals surface area contributed by atoms with E-state index in [4.69, 9.17) is 11.6 Å². The molecule has 96 heavy (non-hydrogen) atoms. The van der Waals surface area contributed by atoms with Crippen molar-refractivity contribution >= 4 is 57.0 Å². The number of rotatable bonds is 16. The number of piperidine rings is 4. The Morgan fingerprint density at radius 2 is 0.927 bits per heavy atom. The summed E-state index contributed by atoms with van der Waals surface area (Å²) in [5.41, 5.74) is 9.68. The van der Waals surface area contributed by atoms with E-state index in [1.54, 1.807) is 24.3 Å². The predicted octanol–water partition coefficient (Wildman–Crippen LogP) is 16.0. The summed E-state index contributed by atoms with van der Waals surface area (Å²) in [6, 6.07) is 65.3. The molecule has 4 fully saturated rings. The number of hydrogen-bond acceptors (Lipinski definition) is 5. The molecule has 0 saturated carbocycles. The van der Waals surface area contributed by atoms with Crippen LogP contribution in [0.3, 0.4) is 0 Å². The maximum Gasteiger partial charge on any atom is 0.270 e. The monoisotopic (exact) mass is 1310 g/mol. The molecule has 12 nitrogen and oxygen atoms in total. The Kier molecular flexibility index (Phi) is 22.4. The number of carbonyl (C=O) groups excluding carboxylic acids is 4. The van der Waals surface area contributed by atoms with Crippen molar-refractivity contribution in [3.63, 3.8) is 0 Å². The fourth-order valence-electron chi connectivity index (χ4n) is 14.4. The second kappa shape index (κ2) is 32.1. The Hall–Kier alpha value is -9.11. The van der Waals surface area contributed by atoms with Gasteiger partial charge in [0.05, 0.1) is 0 Å². The third kappa shape index (κ3) is 16.9. The molecular weight excluding hydrogens is 1220 g/mol. The first-order chi connectivity index (χ1) is 46.9. The zero-order valence-corrected chi connectivity index (χ0v) is 55.7. The van der Waals surface area contributed by atoms with Crippen LogP contribution in [0.25, 0.3) is 21.8 Å². The number of para-hydroxylation sites is 2. The zero-order valence-electron chi connectivity index (χ0n) is 55.0. The van der Waals surface area contributed by atoms with Crippen molar-refractivity contribution in [3.05, 3.63) is 274 Å². The van der Waals surface area contributed by atoms with Gasteiger partial charge >= 0.3 is 0 Å². The van der Waals surface area contributed by atoms with Crippen LogP contribution in [0.1, 0.15) is 130 Å². The van der Waals surface area contributed by atoms with Crippen molar-refractivity contribution in [2.45, 2.75) is 96.8 Å². The molecule has 4 aliphatic heterocycles. The standard InChI is InChI=1S/C29H29FN2O.C27H32FN3O.C25H26ClN3O2/c1-21(23-7-3-2-4-8-23)24-15-17-31(18-16-24)29(33)28-19-25-9-5-6-10-27(25)32(28)20-22-11-13-26(30)14-12-22;28-24-10-8-21(9-11-24)20-31-25-7-3-2-6-23(25)18-26(31)27(32)30-16-12-22(13-17-30)19-29-14-4-1-5-15-29;26-22-10-8-20(9-11-22)18-29-14-4-7-23(29)25(31)28-15-12-21(13-16-28)24(30)27-17-19-5-2-1-3-6-19/h2-14,19,21,24H,15-18,20H2,1H3;2-3,6-11,18,22H,1,4-5,12-17,19-20H2;1-11,14,21H,12-13,15-18H2,(H,27,30). The van der Waals surface area contributed by atoms with E-state index < -0.39 is 0 Å². The molecule has 10 aromatic rings. The molecule has 0 bridgehead atoms. The fraction of sp³-hybridized carbons (Fsp3) is 0.333. The summed E-state index contributed by atoms with van der Waals surface area (Å²) in [5, 5.41) is 5.84. The lowest BCUT2D eigenvalue weighted by Gasteiger charge is -2.36. The van der Waals surface area contributed by atoms with Crippen molar-refractivity contribution in [1.29, 1.82) is 0 Å². The van der Waals surface area contributed by atoms with Crippen LogP contribution in [0, 0.1) is 29.4 Å². The van der Waals surface area contributed by atoms with Gasteiger partial charge in [-0.2, -0.15) is 0 Å². The van der Waals surface area contributed by atoms with Gasteiger partial charge in [-0.25, -0.2) is 8.78 Å². The van der Waals surface area contributed by atoms with E-state index in [2.05, 4.69) is 68.7 Å². The Bertz CT molecular complexity index is 4180. The molecule has 0 aliphatic carbocycles. The molecule has 15 heteroatoms. The van der Waals surface area contributed by atoms with E-state index in [0.29, 0.717) is 86.3 Å². The minimum atomic E-state index is -0.250. The van der Waals surface area contributed by atoms with Gasteiger partial charge in [-0.1, -0.05) is 158 Å². The van der Waals surface area contributed by atoms with Crippen LogP contribution in [0.5, 0.6) is 0 Å². The Balaban J connectivity index is 0.000000138. The topological polar surface area (TPSA) is 108 Å². The Morgan fingerprint density at radius 1 is 0.469 bits per heavy atom. The van der Waals surface area contributed by atoms with Crippen LogP contribution in [0.15, 0.2) is 212 Å². The average Bonchev–Trinajstić information content (AvgIpc) is 1.64. The van der Waals surface area contributed by atoms with Crippen LogP contribution < -0.4 is 5.32 Å². The lowest BCUT2D eigenvalue weighted by Crippen LogP contribution is -2.43. The van der Waals surface area contributed by atoms with Gasteiger partial charge in [0.1, 0.15) is 28.7 Å². The van der Waals surface area contributed by atoms with Crippen LogP contribution in [0.4, 0.5) is 8.78 Å². The maximum absolute atomic E-state index is 13.6. The van der Waals surface area contributed by atoms with E-state index in [1.165, 1.54) is 68.7 Å². The number of likely N-dealkylation sites (tertiary alicyclic amines) is 4. The second-order valence-corrected chi connectivity index (χ2v) is 26.9. The summed E-state index contributed by atoms with van der Waals surface area (Å²) in [4.78, 5) is 61.3. The van der Waals surface area contributed by atoms with Crippen LogP contribution in [0.2, 0.25) is 5.02 Å². The van der Waals surface area contributed by atoms with E-state index in [1.807, 2.05) is 141 Å². The number of nitrogens with zero attached hydrogens (tertiary/aromatic N) is 7. The van der Waals surface area contributed by atoms with E-state index in [-0.39, 0.29) is 41.2 Å². The number of benzene rings is 7. The molecule has 1 N–H and O–H groups in total. The first-order valence-corrected chi connectivity index (χ1v) is 34.8. The molecule has 7 heterocycles. The zero-order chi connectivity index (χ0) is 66.3. The Morgan fingerprint density at radius 3 is 1.47 bits per heavy atom. The Labute approximate surface area is 568 Å². The average molecular weight is 1310 g/mol. The highest BCUT2D eigenvalue weighted by Crippen LogP contribution is 2.34. The van der Waals surface area contributed by atoms with Gasteiger partial charge in [-0.3, -0.25) is 19.2 Å². The minimum Gasteiger partial charge on any atom is -0.352 e. The highest BCUT2D eigenvalue weighted by molar-refractivity contribution is 6.30. The number of carbonyl (C=O) groups is 4. The lowest BCUT2D eigenvalue weighted by molar-refractivity contribution is -0.126. The molecule has 1 atom stereocenters. The molecule has 496 valence electrons. The van der Waals surface area contributed by atoms with Crippen LogP contribution in [-0.4, -0.2) is 116 Å². The fourth-order valence-corrected chi connectivity index (χ4v) is 14.5. The van der Waals surface area contributed by atoms with Crippen molar-refractivity contribution in [3.8, 4) is 0 Å². The highest BCUT2D eigenvalue weighted by Gasteiger charge is 2.32. The number of amides is 4. The highest BCUT2D eigenvalue weighted by atomic mass is 35.5. The molecule has 4 amide bonds. The molecule has 0 spiro atoms. The van der Waals surface area contributed by atoms with E-state index >= 15 is 0 Å². The molecule has 4 aliphatic rings. The normalized spacial score (nSPS) is 16.1. The SMILES string of the molecule is CC(c1ccccc1)C1CCN(C(=O)c2cc3ccccc3n2Cc2ccc(F)cc2)CC1.O=C(NCc1ccccc1)C1CCN(C(=O)c2cccn2Cc2ccc(Cl)cc2)CC1.O=C(c1cc2ccccc2n1Cc1ccc(F)cc1)N1CCC(CN2CCCCC2)CC1. The van der Waals surface area contributed by atoms with Gasteiger partial charge in [0, 0.05) is 111 Å². The van der Waals surface area contributed by atoms with Crippen LogP contribution in [-0.2, 0) is 31.0 Å². The first kappa shape index (κ1) is 66.9. The molecule has 14 rings (SSSR count). The number of halogens is 3.